The van der Waals surface area contributed by atoms with Crippen LogP contribution in [0.3, 0.4) is 0 Å². The molecule has 5 nitrogen and oxygen atoms in total. The van der Waals surface area contributed by atoms with Gasteiger partial charge in [0, 0.05) is 42.8 Å². The Bertz CT molecular complexity index is 742. The van der Waals surface area contributed by atoms with Crippen LogP contribution in [0.25, 0.3) is 11.3 Å². The Hall–Kier alpha value is -1.21. The number of thiazole rings is 1. The van der Waals surface area contributed by atoms with Crippen LogP contribution in [-0.4, -0.2) is 35.5 Å². The molecular formula is C19H26Cl2N4OS. The van der Waals surface area contributed by atoms with Gasteiger partial charge in [-0.3, -0.25) is 9.78 Å². The molecule has 2 aliphatic rings. The zero-order chi connectivity index (χ0) is 17.1. The van der Waals surface area contributed by atoms with Crippen molar-refractivity contribution in [2.75, 3.05) is 19.6 Å². The van der Waals surface area contributed by atoms with E-state index in [1.807, 2.05) is 12.1 Å². The molecule has 8 heteroatoms. The van der Waals surface area contributed by atoms with E-state index in [-0.39, 0.29) is 36.1 Å². The Morgan fingerprint density at radius 3 is 2.93 bits per heavy atom. The van der Waals surface area contributed by atoms with Crippen LogP contribution < -0.4 is 10.6 Å². The standard InChI is InChI=1S/C19H24N4OS.2ClH/c24-18(19-7-2-1-3-15(19)11-21-13-19)22-10-6-17-23-16(12-25-17)14-4-8-20-9-5-14;;/h4-5,8-9,12,15,21H,1-3,6-7,10-11,13H2,(H,22,24);2*1H/t15-,19+;;/m0../s1. The molecule has 148 valence electrons. The minimum atomic E-state index is -0.163. The first-order chi connectivity index (χ1) is 12.3. The van der Waals surface area contributed by atoms with E-state index in [4.69, 9.17) is 0 Å². The fourth-order valence-electron chi connectivity index (χ4n) is 4.23. The van der Waals surface area contributed by atoms with Gasteiger partial charge in [-0.05, 0) is 37.4 Å². The van der Waals surface area contributed by atoms with Gasteiger partial charge < -0.3 is 10.6 Å². The maximum Gasteiger partial charge on any atom is 0.227 e. The van der Waals surface area contributed by atoms with Gasteiger partial charge in [0.15, 0.2) is 0 Å². The molecule has 2 aromatic heterocycles. The summed E-state index contributed by atoms with van der Waals surface area (Å²) in [6.07, 6.45) is 9.00. The van der Waals surface area contributed by atoms with E-state index >= 15 is 0 Å². The largest absolute Gasteiger partial charge is 0.355 e. The van der Waals surface area contributed by atoms with Crippen LogP contribution in [0.2, 0.25) is 0 Å². The highest BCUT2D eigenvalue weighted by molar-refractivity contribution is 7.09. The van der Waals surface area contributed by atoms with E-state index in [0.29, 0.717) is 12.5 Å². The molecule has 0 radical (unpaired) electrons. The summed E-state index contributed by atoms with van der Waals surface area (Å²) in [4.78, 5) is 21.6. The van der Waals surface area contributed by atoms with Gasteiger partial charge >= 0.3 is 0 Å². The Morgan fingerprint density at radius 1 is 1.30 bits per heavy atom. The highest BCUT2D eigenvalue weighted by Gasteiger charge is 2.49. The van der Waals surface area contributed by atoms with Gasteiger partial charge in [0.25, 0.3) is 0 Å². The second-order valence-corrected chi connectivity index (χ2v) is 8.04. The first-order valence-electron chi connectivity index (χ1n) is 9.12. The summed E-state index contributed by atoms with van der Waals surface area (Å²) in [6.45, 7) is 2.50. The van der Waals surface area contributed by atoms with Gasteiger partial charge in [-0.2, -0.15) is 0 Å². The third-order valence-corrected chi connectivity index (χ3v) is 6.55. The van der Waals surface area contributed by atoms with Crippen molar-refractivity contribution in [3.63, 3.8) is 0 Å². The molecular weight excluding hydrogens is 403 g/mol. The lowest BCUT2D eigenvalue weighted by Gasteiger charge is -2.37. The third-order valence-electron chi connectivity index (χ3n) is 5.64. The van der Waals surface area contributed by atoms with E-state index in [1.165, 1.54) is 19.3 Å². The molecule has 0 unspecified atom stereocenters. The van der Waals surface area contributed by atoms with Gasteiger partial charge in [0.2, 0.25) is 5.91 Å². The van der Waals surface area contributed by atoms with Gasteiger partial charge in [0.1, 0.15) is 0 Å². The molecule has 2 aromatic rings. The molecule has 2 N–H and O–H groups in total. The van der Waals surface area contributed by atoms with Crippen LogP contribution in [0, 0.1) is 11.3 Å². The molecule has 3 heterocycles. The maximum absolute atomic E-state index is 12.8. The Kier molecular flexibility index (Phi) is 8.04. The molecule has 0 aromatic carbocycles. The molecule has 0 bridgehead atoms. The number of halogens is 2. The number of rotatable bonds is 5. The van der Waals surface area contributed by atoms with Crippen LogP contribution in [-0.2, 0) is 11.2 Å². The monoisotopic (exact) mass is 428 g/mol. The number of nitrogens with one attached hydrogen (secondary N) is 2. The Labute approximate surface area is 176 Å². The van der Waals surface area contributed by atoms with Gasteiger partial charge in [-0.25, -0.2) is 4.98 Å². The predicted octanol–water partition coefficient (Wildman–Crippen LogP) is 3.49. The topological polar surface area (TPSA) is 66.9 Å². The van der Waals surface area contributed by atoms with Crippen molar-refractivity contribution in [1.29, 1.82) is 0 Å². The normalized spacial score (nSPS) is 23.6. The summed E-state index contributed by atoms with van der Waals surface area (Å²) in [7, 11) is 0. The number of fused-ring (bicyclic) bond motifs is 1. The van der Waals surface area contributed by atoms with Crippen molar-refractivity contribution in [3.8, 4) is 11.3 Å². The number of carbonyl (C=O) groups is 1. The van der Waals surface area contributed by atoms with Gasteiger partial charge in [-0.1, -0.05) is 12.8 Å². The predicted molar refractivity (Wildman–Crippen MR) is 114 cm³/mol. The summed E-state index contributed by atoms with van der Waals surface area (Å²) in [5.74, 6) is 0.757. The molecule has 2 atom stereocenters. The minimum absolute atomic E-state index is 0. The summed E-state index contributed by atoms with van der Waals surface area (Å²) in [5.41, 5.74) is 1.91. The van der Waals surface area contributed by atoms with E-state index < -0.39 is 0 Å². The van der Waals surface area contributed by atoms with E-state index in [9.17, 15) is 4.79 Å². The SMILES string of the molecule is Cl.Cl.O=C(NCCc1nc(-c2ccncc2)cs1)[C@@]12CCCC[C@H]1CNC2. The number of carbonyl (C=O) groups excluding carboxylic acids is 1. The van der Waals surface area contributed by atoms with Crippen molar-refractivity contribution in [2.45, 2.75) is 32.1 Å². The first kappa shape index (κ1) is 22.1. The van der Waals surface area contributed by atoms with Crippen molar-refractivity contribution in [1.82, 2.24) is 20.6 Å². The number of pyridine rings is 1. The van der Waals surface area contributed by atoms with Crippen molar-refractivity contribution in [2.24, 2.45) is 11.3 Å². The quantitative estimate of drug-likeness (QED) is 0.764. The number of amides is 1. The summed E-state index contributed by atoms with van der Waals surface area (Å²) in [6, 6.07) is 3.94. The fraction of sp³-hybridized carbons (Fsp3) is 0.526. The lowest BCUT2D eigenvalue weighted by molar-refractivity contribution is -0.133. The lowest BCUT2D eigenvalue weighted by Crippen LogP contribution is -2.48. The zero-order valence-electron chi connectivity index (χ0n) is 15.1. The number of hydrogen-bond acceptors (Lipinski definition) is 5. The number of nitrogens with zero attached hydrogens (tertiary/aromatic N) is 2. The second-order valence-electron chi connectivity index (χ2n) is 7.10. The molecule has 0 spiro atoms. The fourth-order valence-corrected chi connectivity index (χ4v) is 5.04. The highest BCUT2D eigenvalue weighted by atomic mass is 35.5. The second kappa shape index (κ2) is 9.82. The average molecular weight is 429 g/mol. The molecule has 1 aliphatic carbocycles. The molecule has 4 rings (SSSR count). The van der Waals surface area contributed by atoms with Crippen molar-refractivity contribution < 1.29 is 4.79 Å². The smallest absolute Gasteiger partial charge is 0.227 e. The lowest BCUT2D eigenvalue weighted by atomic mass is 9.67. The summed E-state index contributed by atoms with van der Waals surface area (Å²) < 4.78 is 0. The highest BCUT2D eigenvalue weighted by Crippen LogP contribution is 2.43. The van der Waals surface area contributed by atoms with E-state index in [0.717, 1.165) is 42.2 Å². The molecule has 27 heavy (non-hydrogen) atoms. The van der Waals surface area contributed by atoms with Crippen LogP contribution >= 0.6 is 36.2 Å². The first-order valence-corrected chi connectivity index (χ1v) is 10.00. The van der Waals surface area contributed by atoms with Crippen LogP contribution in [0.5, 0.6) is 0 Å². The van der Waals surface area contributed by atoms with Crippen LogP contribution in [0.4, 0.5) is 0 Å². The molecule has 1 amide bonds. The number of hydrogen-bond donors (Lipinski definition) is 2. The minimum Gasteiger partial charge on any atom is -0.355 e. The average Bonchev–Trinajstić information content (AvgIpc) is 3.30. The Morgan fingerprint density at radius 2 is 2.11 bits per heavy atom. The molecule has 1 saturated heterocycles. The maximum atomic E-state index is 12.8. The zero-order valence-corrected chi connectivity index (χ0v) is 17.6. The molecule has 1 aliphatic heterocycles. The van der Waals surface area contributed by atoms with Gasteiger partial charge in [-0.15, -0.1) is 36.2 Å². The summed E-state index contributed by atoms with van der Waals surface area (Å²) in [5, 5.41) is 9.77. The Balaban J connectivity index is 0.00000131. The number of aromatic nitrogens is 2. The van der Waals surface area contributed by atoms with Gasteiger partial charge in [0.05, 0.1) is 16.1 Å². The molecule has 1 saturated carbocycles. The summed E-state index contributed by atoms with van der Waals surface area (Å²) >= 11 is 1.65. The van der Waals surface area contributed by atoms with E-state index in [1.54, 1.807) is 23.7 Å². The van der Waals surface area contributed by atoms with E-state index in [2.05, 4.69) is 26.0 Å². The van der Waals surface area contributed by atoms with Crippen molar-refractivity contribution in [3.05, 3.63) is 34.9 Å². The van der Waals surface area contributed by atoms with Crippen LogP contribution in [0.15, 0.2) is 29.9 Å². The third kappa shape index (κ3) is 4.62. The van der Waals surface area contributed by atoms with Crippen molar-refractivity contribution >= 4 is 42.1 Å². The molecule has 2 fully saturated rings. The van der Waals surface area contributed by atoms with Crippen LogP contribution in [0.1, 0.15) is 30.7 Å².